The Morgan fingerprint density at radius 2 is 2.05 bits per heavy atom. The number of nitro benzene ring substituents is 1. The number of benzene rings is 1. The molecule has 0 saturated heterocycles. The van der Waals surface area contributed by atoms with Crippen molar-refractivity contribution in [1.29, 1.82) is 0 Å². The number of rotatable bonds is 4. The molecule has 8 heteroatoms. The lowest BCUT2D eigenvalue weighted by Crippen LogP contribution is -2.02. The maximum Gasteiger partial charge on any atom is 0.307 e. The molecule has 104 valence electrons. The number of pyridine rings is 1. The maximum atomic E-state index is 13.5. The predicted molar refractivity (Wildman–Crippen MR) is 66.0 cm³/mol. The van der Waals surface area contributed by atoms with Gasteiger partial charge in [0.2, 0.25) is 5.82 Å². The number of ether oxygens (including phenoxy) is 1. The fourth-order valence-electron chi connectivity index (χ4n) is 1.50. The van der Waals surface area contributed by atoms with Crippen LogP contribution in [-0.4, -0.2) is 9.91 Å². The molecule has 0 radical (unpaired) electrons. The molecule has 0 atom stereocenters. The van der Waals surface area contributed by atoms with E-state index in [0.29, 0.717) is 23.5 Å². The fraction of sp³-hybridized carbons (Fsp3) is 0.0833. The molecule has 0 unspecified atom stereocenters. The van der Waals surface area contributed by atoms with Crippen LogP contribution in [0.5, 0.6) is 5.75 Å². The summed E-state index contributed by atoms with van der Waals surface area (Å²) in [5, 5.41) is 10.4. The van der Waals surface area contributed by atoms with Crippen molar-refractivity contribution in [3.8, 4) is 5.75 Å². The van der Waals surface area contributed by atoms with Gasteiger partial charge >= 0.3 is 5.69 Å². The summed E-state index contributed by atoms with van der Waals surface area (Å²) in [5.74, 6) is -2.63. The molecule has 0 spiro atoms. The molecule has 0 aliphatic carbocycles. The third-order valence-corrected chi connectivity index (χ3v) is 2.41. The average molecular weight is 281 g/mol. The Morgan fingerprint density at radius 3 is 2.70 bits per heavy atom. The SMILES string of the molecule is Nc1ccnc(COc2cc(F)c([N+](=O)[O-])cc2F)c1. The normalized spacial score (nSPS) is 10.3. The maximum absolute atomic E-state index is 13.5. The van der Waals surface area contributed by atoms with E-state index in [4.69, 9.17) is 10.5 Å². The van der Waals surface area contributed by atoms with Gasteiger partial charge in [-0.15, -0.1) is 0 Å². The zero-order chi connectivity index (χ0) is 14.7. The van der Waals surface area contributed by atoms with Crippen LogP contribution < -0.4 is 10.5 Å². The first-order valence-corrected chi connectivity index (χ1v) is 5.44. The Hall–Kier alpha value is -2.77. The Kier molecular flexibility index (Phi) is 3.74. The molecular formula is C12H9F2N3O3. The smallest absolute Gasteiger partial charge is 0.307 e. The lowest BCUT2D eigenvalue weighted by Gasteiger charge is -2.07. The summed E-state index contributed by atoms with van der Waals surface area (Å²) >= 11 is 0. The Balaban J connectivity index is 2.18. The summed E-state index contributed by atoms with van der Waals surface area (Å²) < 4.78 is 31.9. The zero-order valence-corrected chi connectivity index (χ0v) is 10.0. The quantitative estimate of drug-likeness (QED) is 0.686. The molecule has 1 aromatic heterocycles. The van der Waals surface area contributed by atoms with E-state index in [2.05, 4.69) is 4.98 Å². The number of aromatic nitrogens is 1. The van der Waals surface area contributed by atoms with Gasteiger partial charge in [-0.1, -0.05) is 0 Å². The van der Waals surface area contributed by atoms with Crippen LogP contribution in [0.15, 0.2) is 30.5 Å². The van der Waals surface area contributed by atoms with Gasteiger partial charge in [0, 0.05) is 18.0 Å². The first-order chi connectivity index (χ1) is 9.47. The van der Waals surface area contributed by atoms with Crippen molar-refractivity contribution in [2.45, 2.75) is 6.61 Å². The summed E-state index contributed by atoms with van der Waals surface area (Å²) in [5.41, 5.74) is 5.46. The van der Waals surface area contributed by atoms with Crippen LogP contribution in [0.3, 0.4) is 0 Å². The molecule has 6 nitrogen and oxygen atoms in total. The molecule has 1 heterocycles. The molecule has 2 aromatic rings. The topological polar surface area (TPSA) is 91.3 Å². The monoisotopic (exact) mass is 281 g/mol. The molecule has 0 aliphatic heterocycles. The van der Waals surface area contributed by atoms with E-state index in [-0.39, 0.29) is 6.61 Å². The minimum absolute atomic E-state index is 0.140. The lowest BCUT2D eigenvalue weighted by molar-refractivity contribution is -0.387. The number of hydrogen-bond donors (Lipinski definition) is 1. The number of hydrogen-bond acceptors (Lipinski definition) is 5. The van der Waals surface area contributed by atoms with Crippen LogP contribution in [0.4, 0.5) is 20.2 Å². The third kappa shape index (κ3) is 2.97. The van der Waals surface area contributed by atoms with Crippen molar-refractivity contribution in [2.24, 2.45) is 0 Å². The number of nitrogens with zero attached hydrogens (tertiary/aromatic N) is 2. The molecule has 0 fully saturated rings. The van der Waals surface area contributed by atoms with E-state index < -0.39 is 28.0 Å². The van der Waals surface area contributed by atoms with E-state index in [0.717, 1.165) is 0 Å². The molecule has 0 saturated carbocycles. The minimum atomic E-state index is -1.17. The van der Waals surface area contributed by atoms with Crippen molar-refractivity contribution < 1.29 is 18.4 Å². The third-order valence-electron chi connectivity index (χ3n) is 2.41. The molecule has 0 bridgehead atoms. The largest absolute Gasteiger partial charge is 0.484 e. The van der Waals surface area contributed by atoms with Crippen molar-refractivity contribution >= 4 is 11.4 Å². The highest BCUT2D eigenvalue weighted by atomic mass is 19.1. The Bertz CT molecular complexity index is 664. The van der Waals surface area contributed by atoms with Crippen molar-refractivity contribution in [1.82, 2.24) is 4.98 Å². The predicted octanol–water partition coefficient (Wildman–Crippen LogP) is 2.43. The van der Waals surface area contributed by atoms with Crippen LogP contribution in [0, 0.1) is 21.7 Å². The molecule has 2 rings (SSSR count). The zero-order valence-electron chi connectivity index (χ0n) is 10.0. The van der Waals surface area contributed by atoms with E-state index in [1.165, 1.54) is 12.3 Å². The summed E-state index contributed by atoms with van der Waals surface area (Å²) in [6.45, 7) is -0.140. The summed E-state index contributed by atoms with van der Waals surface area (Å²) in [6, 6.07) is 4.17. The van der Waals surface area contributed by atoms with Crippen molar-refractivity contribution in [3.05, 3.63) is 57.9 Å². The molecule has 20 heavy (non-hydrogen) atoms. The van der Waals surface area contributed by atoms with E-state index >= 15 is 0 Å². The van der Waals surface area contributed by atoms with Crippen LogP contribution in [-0.2, 0) is 6.61 Å². The lowest BCUT2D eigenvalue weighted by atomic mass is 10.2. The number of nitrogen functional groups attached to an aromatic ring is 1. The van der Waals surface area contributed by atoms with Crippen molar-refractivity contribution in [2.75, 3.05) is 5.73 Å². The first kappa shape index (κ1) is 13.7. The average Bonchev–Trinajstić information content (AvgIpc) is 2.39. The fourth-order valence-corrected chi connectivity index (χ4v) is 1.50. The number of halogens is 2. The Morgan fingerprint density at radius 1 is 1.30 bits per heavy atom. The first-order valence-electron chi connectivity index (χ1n) is 5.44. The van der Waals surface area contributed by atoms with Gasteiger partial charge in [0.05, 0.1) is 16.7 Å². The van der Waals surface area contributed by atoms with Gasteiger partial charge in [-0.3, -0.25) is 15.1 Å². The van der Waals surface area contributed by atoms with E-state index in [1.54, 1.807) is 6.07 Å². The van der Waals surface area contributed by atoms with Gasteiger partial charge in [0.1, 0.15) is 6.61 Å². The van der Waals surface area contributed by atoms with Gasteiger partial charge in [-0.2, -0.15) is 4.39 Å². The van der Waals surface area contributed by atoms with Gasteiger partial charge in [0.25, 0.3) is 0 Å². The number of anilines is 1. The van der Waals surface area contributed by atoms with E-state index in [9.17, 15) is 18.9 Å². The van der Waals surface area contributed by atoms with Gasteiger partial charge in [-0.25, -0.2) is 4.39 Å². The van der Waals surface area contributed by atoms with Gasteiger partial charge < -0.3 is 10.5 Å². The standard InChI is InChI=1S/C12H9F2N3O3/c13-9-5-12(10(14)4-11(9)17(18)19)20-6-8-3-7(15)1-2-16-8/h1-5H,6H2,(H2,15,16). The van der Waals surface area contributed by atoms with Gasteiger partial charge in [0.15, 0.2) is 11.6 Å². The number of nitrogens with two attached hydrogens (primary N) is 1. The molecule has 2 N–H and O–H groups in total. The second-order valence-electron chi connectivity index (χ2n) is 3.86. The number of nitro groups is 1. The molecule has 0 aliphatic rings. The molecule has 1 aromatic carbocycles. The second-order valence-corrected chi connectivity index (χ2v) is 3.86. The molecule has 0 amide bonds. The van der Waals surface area contributed by atoms with Crippen LogP contribution in [0.2, 0.25) is 0 Å². The summed E-state index contributed by atoms with van der Waals surface area (Å²) in [6.07, 6.45) is 1.45. The summed E-state index contributed by atoms with van der Waals surface area (Å²) in [4.78, 5) is 13.3. The Labute approximate surface area is 112 Å². The summed E-state index contributed by atoms with van der Waals surface area (Å²) in [7, 11) is 0. The second kappa shape index (κ2) is 5.47. The highest BCUT2D eigenvalue weighted by molar-refractivity contribution is 5.40. The molecular weight excluding hydrogens is 272 g/mol. The van der Waals surface area contributed by atoms with Gasteiger partial charge in [-0.05, 0) is 12.1 Å². The van der Waals surface area contributed by atoms with Crippen LogP contribution in [0.1, 0.15) is 5.69 Å². The van der Waals surface area contributed by atoms with E-state index in [1.807, 2.05) is 0 Å². The minimum Gasteiger partial charge on any atom is -0.484 e. The van der Waals surface area contributed by atoms with Crippen molar-refractivity contribution in [3.63, 3.8) is 0 Å². The highest BCUT2D eigenvalue weighted by Gasteiger charge is 2.19. The van der Waals surface area contributed by atoms with Crippen LogP contribution in [0.25, 0.3) is 0 Å². The van der Waals surface area contributed by atoms with Crippen LogP contribution >= 0.6 is 0 Å². The highest BCUT2D eigenvalue weighted by Crippen LogP contribution is 2.26.